The van der Waals surface area contributed by atoms with Crippen LogP contribution in [0.3, 0.4) is 0 Å². The van der Waals surface area contributed by atoms with E-state index in [-0.39, 0.29) is 18.0 Å². The Kier molecular flexibility index (Phi) is 6.44. The van der Waals surface area contributed by atoms with Crippen LogP contribution in [0.1, 0.15) is 12.5 Å². The number of rotatable bonds is 7. The van der Waals surface area contributed by atoms with Gasteiger partial charge in [0.05, 0.1) is 28.7 Å². The van der Waals surface area contributed by atoms with Gasteiger partial charge < -0.3 is 13.9 Å². The van der Waals surface area contributed by atoms with Crippen molar-refractivity contribution in [1.29, 1.82) is 0 Å². The summed E-state index contributed by atoms with van der Waals surface area (Å²) in [6.07, 6.45) is 6.81. The van der Waals surface area contributed by atoms with E-state index in [0.29, 0.717) is 50.9 Å². The number of ether oxygens (including phenoxy) is 2. The molecule has 36 heavy (non-hydrogen) atoms. The average molecular weight is 498 g/mol. The lowest BCUT2D eigenvalue weighted by atomic mass is 10.2. The number of para-hydroxylation sites is 2. The molecule has 0 unspecified atom stereocenters. The molecule has 2 aromatic heterocycles. The fraction of sp³-hybridized carbons (Fsp3) is 0.107. The van der Waals surface area contributed by atoms with Crippen LogP contribution in [0.2, 0.25) is 5.02 Å². The van der Waals surface area contributed by atoms with Crippen LogP contribution in [0, 0.1) is 12.3 Å². The smallest absolute Gasteiger partial charge is 0.282 e. The number of terminal acetylenes is 1. The third-order valence-corrected chi connectivity index (χ3v) is 5.63. The zero-order chi connectivity index (χ0) is 25.1. The molecule has 0 aliphatic carbocycles. The minimum absolute atomic E-state index is 0.0479. The van der Waals surface area contributed by atoms with Crippen molar-refractivity contribution in [3.05, 3.63) is 87.7 Å². The van der Waals surface area contributed by atoms with E-state index >= 15 is 0 Å². The molecule has 0 spiro atoms. The summed E-state index contributed by atoms with van der Waals surface area (Å²) in [5.74, 6) is 3.87. The van der Waals surface area contributed by atoms with Crippen molar-refractivity contribution >= 4 is 39.7 Å². The number of aromatic nitrogens is 2. The highest BCUT2D eigenvalue weighted by Crippen LogP contribution is 2.36. The lowest BCUT2D eigenvalue weighted by Crippen LogP contribution is -2.20. The maximum Gasteiger partial charge on any atom is 0.282 e. The fourth-order valence-electron chi connectivity index (χ4n) is 3.79. The van der Waals surface area contributed by atoms with Gasteiger partial charge in [-0.3, -0.25) is 4.79 Å². The van der Waals surface area contributed by atoms with Crippen LogP contribution in [0.5, 0.6) is 11.5 Å². The normalized spacial score (nSPS) is 11.2. The molecule has 0 saturated heterocycles. The molecular weight excluding hydrogens is 478 g/mol. The standard InChI is InChI=1S/C28H20ClN3O4/c1-3-13-35-26-21(29)14-18(15-24(26)34-4-2)17-30-32-27(25-16-19-9-5-8-12-23(19)36-25)31-22-11-7-6-10-20(22)28(32)33/h1,5-12,14-17H,4,13H2,2H3. The second-order valence-corrected chi connectivity index (χ2v) is 8.13. The largest absolute Gasteiger partial charge is 0.490 e. The molecule has 178 valence electrons. The minimum atomic E-state index is -0.336. The Bertz CT molecular complexity index is 1680. The minimum Gasteiger partial charge on any atom is -0.490 e. The maximum absolute atomic E-state index is 13.4. The third-order valence-electron chi connectivity index (χ3n) is 5.35. The van der Waals surface area contributed by atoms with Crippen molar-refractivity contribution in [2.24, 2.45) is 5.10 Å². The molecular formula is C28H20ClN3O4. The van der Waals surface area contributed by atoms with Crippen molar-refractivity contribution in [1.82, 2.24) is 9.66 Å². The molecule has 0 fully saturated rings. The Balaban J connectivity index is 1.65. The molecule has 7 nitrogen and oxygen atoms in total. The first-order chi connectivity index (χ1) is 17.6. The van der Waals surface area contributed by atoms with Gasteiger partial charge in [-0.1, -0.05) is 47.9 Å². The van der Waals surface area contributed by atoms with Crippen molar-refractivity contribution < 1.29 is 13.9 Å². The molecule has 8 heteroatoms. The quantitative estimate of drug-likeness (QED) is 0.211. The highest BCUT2D eigenvalue weighted by atomic mass is 35.5. The first-order valence-corrected chi connectivity index (χ1v) is 11.5. The molecule has 2 heterocycles. The predicted octanol–water partition coefficient (Wildman–Crippen LogP) is 5.76. The monoisotopic (exact) mass is 497 g/mol. The van der Waals surface area contributed by atoms with Crippen LogP contribution in [-0.2, 0) is 0 Å². The van der Waals surface area contributed by atoms with Gasteiger partial charge in [0.2, 0.25) is 5.82 Å². The molecule has 0 aliphatic heterocycles. The number of fused-ring (bicyclic) bond motifs is 2. The topological polar surface area (TPSA) is 78.9 Å². The van der Waals surface area contributed by atoms with E-state index < -0.39 is 0 Å². The summed E-state index contributed by atoms with van der Waals surface area (Å²) in [4.78, 5) is 18.1. The first kappa shape index (κ1) is 23.2. The summed E-state index contributed by atoms with van der Waals surface area (Å²) in [6.45, 7) is 2.29. The SMILES string of the molecule is C#CCOc1c(Cl)cc(C=Nn2c(-c3cc4ccccc4o3)nc3ccccc3c2=O)cc1OCC. The molecule has 0 N–H and O–H groups in total. The summed E-state index contributed by atoms with van der Waals surface area (Å²) in [7, 11) is 0. The van der Waals surface area contributed by atoms with Gasteiger partial charge in [-0.15, -0.1) is 6.42 Å². The molecule has 5 aromatic rings. The Morgan fingerprint density at radius 2 is 1.94 bits per heavy atom. The summed E-state index contributed by atoms with van der Waals surface area (Å²) < 4.78 is 18.4. The maximum atomic E-state index is 13.4. The van der Waals surface area contributed by atoms with Gasteiger partial charge in [0.25, 0.3) is 5.56 Å². The zero-order valence-corrected chi connectivity index (χ0v) is 20.0. The van der Waals surface area contributed by atoms with E-state index in [1.54, 1.807) is 30.3 Å². The number of halogens is 1. The summed E-state index contributed by atoms with van der Waals surface area (Å²) in [5.41, 5.74) is 1.48. The van der Waals surface area contributed by atoms with Gasteiger partial charge in [0.1, 0.15) is 12.2 Å². The Morgan fingerprint density at radius 3 is 2.75 bits per heavy atom. The van der Waals surface area contributed by atoms with Crippen molar-refractivity contribution in [3.8, 4) is 35.4 Å². The highest BCUT2D eigenvalue weighted by Gasteiger charge is 2.17. The Labute approximate surface area is 211 Å². The Morgan fingerprint density at radius 1 is 1.14 bits per heavy atom. The van der Waals surface area contributed by atoms with Crippen LogP contribution in [0.15, 0.2) is 81.0 Å². The fourth-order valence-corrected chi connectivity index (χ4v) is 4.06. The van der Waals surface area contributed by atoms with E-state index in [0.717, 1.165) is 5.39 Å². The Hall–Kier alpha value is -4.54. The average Bonchev–Trinajstić information content (AvgIpc) is 3.32. The van der Waals surface area contributed by atoms with Gasteiger partial charge in [-0.2, -0.15) is 9.78 Å². The molecule has 3 aromatic carbocycles. The lowest BCUT2D eigenvalue weighted by molar-refractivity contribution is 0.299. The molecule has 0 bridgehead atoms. The number of hydrogen-bond donors (Lipinski definition) is 0. The van der Waals surface area contributed by atoms with Crippen molar-refractivity contribution in [2.75, 3.05) is 13.2 Å². The number of nitrogens with zero attached hydrogens (tertiary/aromatic N) is 3. The van der Waals surface area contributed by atoms with Crippen LogP contribution in [-0.4, -0.2) is 29.1 Å². The van der Waals surface area contributed by atoms with Crippen LogP contribution in [0.4, 0.5) is 0 Å². The van der Waals surface area contributed by atoms with E-state index in [2.05, 4.69) is 11.0 Å². The summed E-state index contributed by atoms with van der Waals surface area (Å²) >= 11 is 6.44. The summed E-state index contributed by atoms with van der Waals surface area (Å²) in [6, 6.07) is 19.9. The first-order valence-electron chi connectivity index (χ1n) is 11.2. The van der Waals surface area contributed by atoms with E-state index in [1.807, 2.05) is 43.3 Å². The molecule has 0 aliphatic rings. The second-order valence-electron chi connectivity index (χ2n) is 7.72. The second kappa shape index (κ2) is 9.98. The predicted molar refractivity (Wildman–Crippen MR) is 141 cm³/mol. The van der Waals surface area contributed by atoms with Gasteiger partial charge in [-0.25, -0.2) is 4.98 Å². The van der Waals surface area contributed by atoms with E-state index in [9.17, 15) is 4.79 Å². The van der Waals surface area contributed by atoms with E-state index in [1.165, 1.54) is 10.9 Å². The lowest BCUT2D eigenvalue weighted by Gasteiger charge is -2.13. The third kappa shape index (κ3) is 4.42. The van der Waals surface area contributed by atoms with E-state index in [4.69, 9.17) is 36.9 Å². The van der Waals surface area contributed by atoms with Gasteiger partial charge in [-0.05, 0) is 48.9 Å². The number of furan rings is 1. The zero-order valence-electron chi connectivity index (χ0n) is 19.3. The van der Waals surface area contributed by atoms with Crippen LogP contribution >= 0.6 is 11.6 Å². The highest BCUT2D eigenvalue weighted by molar-refractivity contribution is 6.32. The molecule has 0 saturated carbocycles. The van der Waals surface area contributed by atoms with Crippen LogP contribution in [0.25, 0.3) is 33.5 Å². The number of hydrogen-bond acceptors (Lipinski definition) is 6. The molecule has 5 rings (SSSR count). The van der Waals surface area contributed by atoms with Gasteiger partial charge in [0.15, 0.2) is 17.3 Å². The molecule has 0 radical (unpaired) electrons. The van der Waals surface area contributed by atoms with Gasteiger partial charge in [0, 0.05) is 5.39 Å². The summed E-state index contributed by atoms with van der Waals surface area (Å²) in [5, 5.41) is 6.10. The molecule has 0 atom stereocenters. The molecule has 0 amide bonds. The van der Waals surface area contributed by atoms with Crippen molar-refractivity contribution in [3.63, 3.8) is 0 Å². The van der Waals surface area contributed by atoms with Crippen molar-refractivity contribution in [2.45, 2.75) is 6.92 Å². The van der Waals surface area contributed by atoms with Crippen LogP contribution < -0.4 is 15.0 Å². The van der Waals surface area contributed by atoms with Gasteiger partial charge >= 0.3 is 0 Å². The number of benzene rings is 3.